The van der Waals surface area contributed by atoms with Crippen LogP contribution in [0, 0.1) is 5.92 Å². The smallest absolute Gasteiger partial charge is 0.371 e. The van der Waals surface area contributed by atoms with E-state index >= 15 is 0 Å². The lowest BCUT2D eigenvalue weighted by molar-refractivity contribution is -0.121. The fourth-order valence-electron chi connectivity index (χ4n) is 2.31. The van der Waals surface area contributed by atoms with Crippen molar-refractivity contribution in [1.29, 1.82) is 0 Å². The first-order valence-electron chi connectivity index (χ1n) is 8.86. The first-order valence-corrected chi connectivity index (χ1v) is 10.8. The second-order valence-corrected chi connectivity index (χ2v) is 9.81. The number of carbonyl (C=O) groups is 1. The first-order chi connectivity index (χ1) is 10.6. The Bertz CT molecular complexity index is 306. The molecule has 0 radical (unpaired) electrons. The fraction of sp³-hybridized carbons (Fsp3) is 0.941. The van der Waals surface area contributed by atoms with Crippen LogP contribution in [0.25, 0.3) is 0 Å². The molecule has 0 atom stereocenters. The van der Waals surface area contributed by atoms with E-state index in [0.717, 1.165) is 6.42 Å². The molecule has 0 aliphatic heterocycles. The molecule has 6 heteroatoms. The highest BCUT2D eigenvalue weighted by molar-refractivity contribution is 6.60. The van der Waals surface area contributed by atoms with Gasteiger partial charge >= 0.3 is 8.80 Å². The van der Waals surface area contributed by atoms with Gasteiger partial charge in [-0.1, -0.05) is 13.8 Å². The van der Waals surface area contributed by atoms with Gasteiger partial charge in [-0.25, -0.2) is 0 Å². The van der Waals surface area contributed by atoms with E-state index in [-0.39, 0.29) is 24.2 Å². The van der Waals surface area contributed by atoms with Crippen LogP contribution in [-0.2, 0) is 18.1 Å². The molecule has 0 bridgehead atoms. The summed E-state index contributed by atoms with van der Waals surface area (Å²) in [5, 5.41) is 2.96. The van der Waals surface area contributed by atoms with E-state index in [1.54, 1.807) is 0 Å². The standard InChI is InChI=1S/C17H37NO4Si/c1-13(2)12-17(19)18-10-9-11-23(20-14(3)4,21-15(5)6)22-16(7)8/h13-16H,9-12H2,1-8H3,(H,18,19). The normalized spacial score (nSPS) is 12.7. The second kappa shape index (κ2) is 11.2. The minimum Gasteiger partial charge on any atom is -0.371 e. The Morgan fingerprint density at radius 1 is 0.870 bits per heavy atom. The molecule has 5 nitrogen and oxygen atoms in total. The minimum atomic E-state index is -2.74. The molecule has 0 rings (SSSR count). The Kier molecular flexibility index (Phi) is 11.0. The number of rotatable bonds is 12. The van der Waals surface area contributed by atoms with Crippen molar-refractivity contribution in [3.63, 3.8) is 0 Å². The van der Waals surface area contributed by atoms with Gasteiger partial charge in [-0.15, -0.1) is 0 Å². The van der Waals surface area contributed by atoms with Crippen molar-refractivity contribution < 1.29 is 18.1 Å². The van der Waals surface area contributed by atoms with Crippen LogP contribution in [0.5, 0.6) is 0 Å². The molecule has 1 N–H and O–H groups in total. The van der Waals surface area contributed by atoms with Gasteiger partial charge in [0.05, 0.1) is 0 Å². The Balaban J connectivity index is 4.63. The van der Waals surface area contributed by atoms with Crippen molar-refractivity contribution in [3.8, 4) is 0 Å². The molecular weight excluding hydrogens is 310 g/mol. The largest absolute Gasteiger partial charge is 0.501 e. The van der Waals surface area contributed by atoms with Crippen molar-refractivity contribution in [3.05, 3.63) is 0 Å². The van der Waals surface area contributed by atoms with Crippen LogP contribution in [0.1, 0.15) is 68.2 Å². The lowest BCUT2D eigenvalue weighted by Crippen LogP contribution is -2.51. The molecule has 0 aliphatic carbocycles. The van der Waals surface area contributed by atoms with Crippen molar-refractivity contribution >= 4 is 14.7 Å². The van der Waals surface area contributed by atoms with Gasteiger partial charge in [0.15, 0.2) is 0 Å². The SMILES string of the molecule is CC(C)CC(=O)NCCC[Si](OC(C)C)(OC(C)C)OC(C)C. The van der Waals surface area contributed by atoms with Crippen LogP contribution in [0.3, 0.4) is 0 Å². The summed E-state index contributed by atoms with van der Waals surface area (Å²) in [5.41, 5.74) is 0. The van der Waals surface area contributed by atoms with Crippen LogP contribution in [-0.4, -0.2) is 39.6 Å². The maximum Gasteiger partial charge on any atom is 0.501 e. The second-order valence-electron chi connectivity index (χ2n) is 7.23. The van der Waals surface area contributed by atoms with E-state index in [1.807, 2.05) is 55.4 Å². The van der Waals surface area contributed by atoms with Crippen molar-refractivity contribution in [2.45, 2.75) is 92.6 Å². The fourth-order valence-corrected chi connectivity index (χ4v) is 5.60. The number of carbonyl (C=O) groups excluding carboxylic acids is 1. The third-order valence-corrected chi connectivity index (χ3v) is 6.28. The van der Waals surface area contributed by atoms with Gasteiger partial charge < -0.3 is 18.6 Å². The van der Waals surface area contributed by atoms with Crippen molar-refractivity contribution in [2.24, 2.45) is 5.92 Å². The quantitative estimate of drug-likeness (QED) is 0.431. The van der Waals surface area contributed by atoms with E-state index in [9.17, 15) is 4.79 Å². The topological polar surface area (TPSA) is 56.8 Å². The van der Waals surface area contributed by atoms with E-state index in [0.29, 0.717) is 24.9 Å². The van der Waals surface area contributed by atoms with E-state index in [2.05, 4.69) is 5.32 Å². The summed E-state index contributed by atoms with van der Waals surface area (Å²) < 4.78 is 18.3. The third-order valence-electron chi connectivity index (χ3n) is 2.82. The molecule has 0 fully saturated rings. The zero-order valence-corrected chi connectivity index (χ0v) is 17.3. The summed E-state index contributed by atoms with van der Waals surface area (Å²) >= 11 is 0. The molecule has 0 aliphatic rings. The molecule has 0 heterocycles. The molecular formula is C17H37NO4Si. The molecule has 0 unspecified atom stereocenters. The monoisotopic (exact) mass is 347 g/mol. The lowest BCUT2D eigenvalue weighted by Gasteiger charge is -2.34. The lowest BCUT2D eigenvalue weighted by atomic mass is 10.1. The molecule has 138 valence electrons. The van der Waals surface area contributed by atoms with Gasteiger partial charge in [0.1, 0.15) is 0 Å². The number of amides is 1. The van der Waals surface area contributed by atoms with Gasteiger partial charge in [0.25, 0.3) is 0 Å². The summed E-state index contributed by atoms with van der Waals surface area (Å²) in [6.45, 7) is 16.7. The van der Waals surface area contributed by atoms with Crippen LogP contribution in [0.4, 0.5) is 0 Å². The summed E-state index contributed by atoms with van der Waals surface area (Å²) in [7, 11) is -2.74. The van der Waals surface area contributed by atoms with Crippen molar-refractivity contribution in [1.82, 2.24) is 5.32 Å². The zero-order chi connectivity index (χ0) is 18.0. The highest BCUT2D eigenvalue weighted by atomic mass is 28.4. The third kappa shape index (κ3) is 11.7. The van der Waals surface area contributed by atoms with Crippen LogP contribution >= 0.6 is 0 Å². The summed E-state index contributed by atoms with van der Waals surface area (Å²) in [6.07, 6.45) is 1.51. The molecule has 0 aromatic carbocycles. The summed E-state index contributed by atoms with van der Waals surface area (Å²) in [5.74, 6) is 0.480. The van der Waals surface area contributed by atoms with E-state index in [1.165, 1.54) is 0 Å². The zero-order valence-electron chi connectivity index (χ0n) is 16.3. The summed E-state index contributed by atoms with van der Waals surface area (Å²) in [4.78, 5) is 11.7. The molecule has 0 spiro atoms. The average molecular weight is 348 g/mol. The first kappa shape index (κ1) is 22.6. The van der Waals surface area contributed by atoms with Gasteiger partial charge in [0, 0.05) is 37.3 Å². The molecule has 1 amide bonds. The molecule has 0 aromatic rings. The highest BCUT2D eigenvalue weighted by Crippen LogP contribution is 2.23. The number of nitrogens with one attached hydrogen (secondary N) is 1. The number of hydrogen-bond acceptors (Lipinski definition) is 4. The average Bonchev–Trinajstić information content (AvgIpc) is 2.30. The Hall–Kier alpha value is -0.433. The molecule has 23 heavy (non-hydrogen) atoms. The molecule has 0 saturated heterocycles. The maximum atomic E-state index is 11.7. The Morgan fingerprint density at radius 3 is 1.65 bits per heavy atom. The van der Waals surface area contributed by atoms with E-state index in [4.69, 9.17) is 13.3 Å². The minimum absolute atomic E-state index is 0.0506. The number of hydrogen-bond donors (Lipinski definition) is 1. The highest BCUT2D eigenvalue weighted by Gasteiger charge is 2.43. The van der Waals surface area contributed by atoms with Crippen LogP contribution in [0.15, 0.2) is 0 Å². The van der Waals surface area contributed by atoms with Gasteiger partial charge in [-0.2, -0.15) is 0 Å². The van der Waals surface area contributed by atoms with Gasteiger partial charge in [-0.05, 0) is 53.9 Å². The van der Waals surface area contributed by atoms with Crippen LogP contribution < -0.4 is 5.32 Å². The summed E-state index contributed by atoms with van der Waals surface area (Å²) in [6, 6.07) is 0.712. The predicted molar refractivity (Wildman–Crippen MR) is 96.3 cm³/mol. The maximum absolute atomic E-state index is 11.7. The van der Waals surface area contributed by atoms with Gasteiger partial charge in [0.2, 0.25) is 5.91 Å². The Morgan fingerprint density at radius 2 is 1.30 bits per heavy atom. The Labute approximate surface area is 143 Å². The molecule has 0 saturated carbocycles. The van der Waals surface area contributed by atoms with Crippen molar-refractivity contribution in [2.75, 3.05) is 6.54 Å². The molecule has 0 aromatic heterocycles. The predicted octanol–water partition coefficient (Wildman–Crippen LogP) is 3.75. The van der Waals surface area contributed by atoms with E-state index < -0.39 is 8.80 Å². The van der Waals surface area contributed by atoms with Crippen LogP contribution in [0.2, 0.25) is 6.04 Å². The van der Waals surface area contributed by atoms with Gasteiger partial charge in [-0.3, -0.25) is 4.79 Å².